The minimum atomic E-state index is 0.602. The Morgan fingerprint density at radius 1 is 1.26 bits per heavy atom. The number of hydrogen-bond donors (Lipinski definition) is 2. The van der Waals surface area contributed by atoms with Gasteiger partial charge in [0.1, 0.15) is 10.5 Å². The number of aromatic nitrogens is 2. The predicted octanol–water partition coefficient (Wildman–Crippen LogP) is 3.47. The van der Waals surface area contributed by atoms with E-state index in [-0.39, 0.29) is 0 Å². The molecule has 1 aromatic rings. The number of rotatable bonds is 2. The molecule has 3 nitrogen and oxygen atoms in total. The first-order chi connectivity index (χ1) is 9.28. The van der Waals surface area contributed by atoms with E-state index >= 15 is 0 Å². The van der Waals surface area contributed by atoms with Crippen LogP contribution in [-0.2, 0) is 13.0 Å². The van der Waals surface area contributed by atoms with Gasteiger partial charge in [0.2, 0.25) is 0 Å². The summed E-state index contributed by atoms with van der Waals surface area (Å²) in [7, 11) is 0. The maximum Gasteiger partial charge on any atom is 0.134 e. The summed E-state index contributed by atoms with van der Waals surface area (Å²) < 4.78 is 0.813. The summed E-state index contributed by atoms with van der Waals surface area (Å²) >= 11 is 5.47. The summed E-state index contributed by atoms with van der Waals surface area (Å²) in [4.78, 5) is 8.27. The van der Waals surface area contributed by atoms with E-state index in [0.717, 1.165) is 35.9 Å². The van der Waals surface area contributed by atoms with Gasteiger partial charge in [0, 0.05) is 36.7 Å². The van der Waals surface area contributed by atoms with E-state index in [2.05, 4.69) is 22.2 Å². The Kier molecular flexibility index (Phi) is 3.99. The van der Waals surface area contributed by atoms with E-state index < -0.39 is 0 Å². The van der Waals surface area contributed by atoms with Crippen LogP contribution in [0.15, 0.2) is 0 Å². The highest BCUT2D eigenvalue weighted by Crippen LogP contribution is 2.35. The second-order valence-electron chi connectivity index (χ2n) is 5.94. The van der Waals surface area contributed by atoms with Crippen LogP contribution in [0.5, 0.6) is 0 Å². The van der Waals surface area contributed by atoms with Crippen molar-refractivity contribution in [3.63, 3.8) is 0 Å². The molecule has 1 saturated carbocycles. The molecular weight excluding hydrogens is 254 g/mol. The molecule has 2 heterocycles. The van der Waals surface area contributed by atoms with Gasteiger partial charge >= 0.3 is 0 Å². The Balaban J connectivity index is 1.82. The second kappa shape index (κ2) is 5.71. The molecule has 3 rings (SSSR count). The van der Waals surface area contributed by atoms with E-state index in [1.165, 1.54) is 43.4 Å². The summed E-state index contributed by atoms with van der Waals surface area (Å²) in [6.07, 6.45) is 7.62. The van der Waals surface area contributed by atoms with Gasteiger partial charge in [0.25, 0.3) is 0 Å². The SMILES string of the molecule is CCC1CCC(c2nc(=S)c3c([nH]2)CCNC3)CC1. The van der Waals surface area contributed by atoms with Gasteiger partial charge in [-0.15, -0.1) is 0 Å². The van der Waals surface area contributed by atoms with Crippen LogP contribution in [0, 0.1) is 10.6 Å². The van der Waals surface area contributed by atoms with Crippen LogP contribution >= 0.6 is 12.2 Å². The molecule has 19 heavy (non-hydrogen) atoms. The van der Waals surface area contributed by atoms with Crippen molar-refractivity contribution in [2.75, 3.05) is 6.54 Å². The largest absolute Gasteiger partial charge is 0.347 e. The van der Waals surface area contributed by atoms with Gasteiger partial charge in [-0.3, -0.25) is 0 Å². The molecule has 1 aliphatic carbocycles. The third-order valence-corrected chi connectivity index (χ3v) is 5.13. The molecule has 0 unspecified atom stereocenters. The highest BCUT2D eigenvalue weighted by Gasteiger charge is 2.24. The molecule has 0 atom stereocenters. The molecule has 0 radical (unpaired) electrons. The smallest absolute Gasteiger partial charge is 0.134 e. The van der Waals surface area contributed by atoms with Gasteiger partial charge in [-0.05, 0) is 31.6 Å². The standard InChI is InChI=1S/C15H23N3S/c1-2-10-3-5-11(6-4-10)14-17-13-7-8-16-9-12(13)15(19)18-14/h10-11,16H,2-9H2,1H3,(H,17,18,19). The van der Waals surface area contributed by atoms with Crippen molar-refractivity contribution in [3.05, 3.63) is 21.7 Å². The Morgan fingerprint density at radius 2 is 2.05 bits per heavy atom. The molecule has 0 spiro atoms. The van der Waals surface area contributed by atoms with Crippen LogP contribution in [0.3, 0.4) is 0 Å². The third kappa shape index (κ3) is 2.75. The first-order valence-electron chi connectivity index (χ1n) is 7.60. The summed E-state index contributed by atoms with van der Waals surface area (Å²) in [5.74, 6) is 2.69. The van der Waals surface area contributed by atoms with Crippen LogP contribution in [0.4, 0.5) is 0 Å². The lowest BCUT2D eigenvalue weighted by Crippen LogP contribution is -2.26. The van der Waals surface area contributed by atoms with Crippen molar-refractivity contribution < 1.29 is 0 Å². The molecular formula is C15H23N3S. The zero-order valence-corrected chi connectivity index (χ0v) is 12.5. The van der Waals surface area contributed by atoms with Crippen LogP contribution in [0.25, 0.3) is 0 Å². The fraction of sp³-hybridized carbons (Fsp3) is 0.733. The van der Waals surface area contributed by atoms with Gasteiger partial charge < -0.3 is 10.3 Å². The van der Waals surface area contributed by atoms with E-state index in [9.17, 15) is 0 Å². The maximum absolute atomic E-state index is 5.47. The molecule has 0 amide bonds. The lowest BCUT2D eigenvalue weighted by molar-refractivity contribution is 0.311. The topological polar surface area (TPSA) is 40.7 Å². The van der Waals surface area contributed by atoms with E-state index in [4.69, 9.17) is 12.2 Å². The van der Waals surface area contributed by atoms with Crippen molar-refractivity contribution in [1.29, 1.82) is 0 Å². The fourth-order valence-electron chi connectivity index (χ4n) is 3.42. The highest BCUT2D eigenvalue weighted by molar-refractivity contribution is 7.71. The minimum Gasteiger partial charge on any atom is -0.347 e. The molecule has 1 aliphatic heterocycles. The average Bonchev–Trinajstić information content (AvgIpc) is 2.47. The van der Waals surface area contributed by atoms with Crippen LogP contribution in [0.1, 0.15) is 62.0 Å². The average molecular weight is 277 g/mol. The monoisotopic (exact) mass is 277 g/mol. The minimum absolute atomic E-state index is 0.602. The molecule has 2 N–H and O–H groups in total. The molecule has 1 aromatic heterocycles. The molecule has 104 valence electrons. The van der Waals surface area contributed by atoms with Gasteiger partial charge in [-0.2, -0.15) is 0 Å². The van der Waals surface area contributed by atoms with Gasteiger partial charge in [0.05, 0.1) is 0 Å². The highest BCUT2D eigenvalue weighted by atomic mass is 32.1. The number of nitrogens with zero attached hydrogens (tertiary/aromatic N) is 1. The zero-order chi connectivity index (χ0) is 13.2. The summed E-state index contributed by atoms with van der Waals surface area (Å²) in [6, 6.07) is 0. The zero-order valence-electron chi connectivity index (χ0n) is 11.7. The molecule has 2 aliphatic rings. The van der Waals surface area contributed by atoms with Crippen LogP contribution < -0.4 is 5.32 Å². The number of hydrogen-bond acceptors (Lipinski definition) is 3. The Morgan fingerprint density at radius 3 is 2.79 bits per heavy atom. The summed E-state index contributed by atoms with van der Waals surface area (Å²) in [5, 5.41) is 3.37. The molecule has 4 heteroatoms. The summed E-state index contributed by atoms with van der Waals surface area (Å²) in [6.45, 7) is 4.23. The fourth-order valence-corrected chi connectivity index (χ4v) is 3.72. The Labute approximate surface area is 120 Å². The lowest BCUT2D eigenvalue weighted by atomic mass is 9.80. The van der Waals surface area contributed by atoms with Crippen molar-refractivity contribution in [2.24, 2.45) is 5.92 Å². The normalized spacial score (nSPS) is 27.0. The number of nitrogens with one attached hydrogen (secondary N) is 2. The summed E-state index contributed by atoms with van der Waals surface area (Å²) in [5.41, 5.74) is 2.54. The van der Waals surface area contributed by atoms with Gasteiger partial charge in [0.15, 0.2) is 0 Å². The van der Waals surface area contributed by atoms with E-state index in [0.29, 0.717) is 5.92 Å². The number of H-pyrrole nitrogens is 1. The quantitative estimate of drug-likeness (QED) is 0.813. The van der Waals surface area contributed by atoms with Crippen molar-refractivity contribution in [3.8, 4) is 0 Å². The van der Waals surface area contributed by atoms with Crippen LogP contribution in [0.2, 0.25) is 0 Å². The maximum atomic E-state index is 5.47. The molecule has 0 aromatic carbocycles. The Bertz CT molecular complexity index is 501. The third-order valence-electron chi connectivity index (χ3n) is 4.79. The Hall–Kier alpha value is -0.740. The number of fused-ring (bicyclic) bond motifs is 1. The molecule has 0 bridgehead atoms. The predicted molar refractivity (Wildman–Crippen MR) is 79.8 cm³/mol. The first kappa shape index (κ1) is 13.3. The van der Waals surface area contributed by atoms with Crippen molar-refractivity contribution in [1.82, 2.24) is 15.3 Å². The van der Waals surface area contributed by atoms with E-state index in [1.807, 2.05) is 0 Å². The first-order valence-corrected chi connectivity index (χ1v) is 8.01. The van der Waals surface area contributed by atoms with Gasteiger partial charge in [-0.1, -0.05) is 25.6 Å². The van der Waals surface area contributed by atoms with E-state index in [1.54, 1.807) is 0 Å². The number of aromatic amines is 1. The second-order valence-corrected chi connectivity index (χ2v) is 6.32. The van der Waals surface area contributed by atoms with Crippen LogP contribution in [-0.4, -0.2) is 16.5 Å². The lowest BCUT2D eigenvalue weighted by Gasteiger charge is -2.28. The van der Waals surface area contributed by atoms with Crippen molar-refractivity contribution >= 4 is 12.2 Å². The molecule has 0 saturated heterocycles. The molecule has 1 fully saturated rings. The van der Waals surface area contributed by atoms with Gasteiger partial charge in [-0.25, -0.2) is 4.98 Å². The van der Waals surface area contributed by atoms with Crippen molar-refractivity contribution in [2.45, 2.75) is 57.9 Å².